The van der Waals surface area contributed by atoms with Crippen molar-refractivity contribution in [3.63, 3.8) is 0 Å². The molecule has 0 amide bonds. The molecule has 1 saturated carbocycles. The van der Waals surface area contributed by atoms with Gasteiger partial charge in [0, 0.05) is 12.1 Å². The van der Waals surface area contributed by atoms with Crippen molar-refractivity contribution in [1.82, 2.24) is 5.32 Å². The largest absolute Gasteiger partial charge is 0.395 e. The molecule has 0 aromatic carbocycles. The molecule has 0 radical (unpaired) electrons. The molecule has 13 heavy (non-hydrogen) atoms. The van der Waals surface area contributed by atoms with E-state index in [4.69, 9.17) is 0 Å². The van der Waals surface area contributed by atoms with E-state index in [1.807, 2.05) is 0 Å². The smallest absolute Gasteiger partial charge is 0.0584 e. The topological polar surface area (TPSA) is 32.3 Å². The summed E-state index contributed by atoms with van der Waals surface area (Å²) in [5, 5.41) is 12.6. The molecule has 2 N–H and O–H groups in total. The second-order valence-electron chi connectivity index (χ2n) is 4.59. The lowest BCUT2D eigenvalue weighted by molar-refractivity contribution is 0.212. The van der Waals surface area contributed by atoms with Crippen molar-refractivity contribution in [3.8, 4) is 0 Å². The number of hydrogen-bond donors (Lipinski definition) is 2. The predicted molar refractivity (Wildman–Crippen MR) is 55.7 cm³/mol. The molecule has 0 saturated heterocycles. The van der Waals surface area contributed by atoms with Gasteiger partial charge in [-0.15, -0.1) is 0 Å². The first-order valence-corrected chi connectivity index (χ1v) is 5.59. The Kier molecular flexibility index (Phi) is 4.74. The second kappa shape index (κ2) is 5.61. The maximum absolute atomic E-state index is 9.17. The molecule has 2 nitrogen and oxygen atoms in total. The molecule has 0 aromatic rings. The van der Waals surface area contributed by atoms with Crippen LogP contribution in [0.4, 0.5) is 0 Å². The van der Waals surface area contributed by atoms with Crippen molar-refractivity contribution in [1.29, 1.82) is 0 Å². The zero-order valence-electron chi connectivity index (χ0n) is 8.92. The van der Waals surface area contributed by atoms with Crippen molar-refractivity contribution in [2.45, 2.75) is 58.0 Å². The average Bonchev–Trinajstić information content (AvgIpc) is 2.55. The normalized spacial score (nSPS) is 21.2. The zero-order chi connectivity index (χ0) is 9.68. The molecule has 78 valence electrons. The van der Waals surface area contributed by atoms with Crippen LogP contribution in [0.3, 0.4) is 0 Å². The van der Waals surface area contributed by atoms with Crippen LogP contribution in [0, 0.1) is 5.92 Å². The molecule has 1 atom stereocenters. The first-order chi connectivity index (χ1) is 6.22. The van der Waals surface area contributed by atoms with Gasteiger partial charge in [-0.2, -0.15) is 0 Å². The Hall–Kier alpha value is -0.0800. The summed E-state index contributed by atoms with van der Waals surface area (Å²) in [6.45, 7) is 4.56. The first kappa shape index (κ1) is 11.0. The van der Waals surface area contributed by atoms with Crippen LogP contribution in [0.1, 0.15) is 46.0 Å². The number of nitrogens with one attached hydrogen (secondary N) is 1. The molecule has 0 aliphatic heterocycles. The molecule has 1 aliphatic carbocycles. The van der Waals surface area contributed by atoms with Gasteiger partial charge in [0.1, 0.15) is 0 Å². The third kappa shape index (κ3) is 4.10. The van der Waals surface area contributed by atoms with Gasteiger partial charge in [-0.1, -0.05) is 39.5 Å². The second-order valence-corrected chi connectivity index (χ2v) is 4.59. The molecule has 1 aliphatic rings. The fourth-order valence-electron chi connectivity index (χ4n) is 2.32. The van der Waals surface area contributed by atoms with Crippen LogP contribution in [-0.2, 0) is 0 Å². The average molecular weight is 185 g/mol. The van der Waals surface area contributed by atoms with Gasteiger partial charge in [0.2, 0.25) is 0 Å². The van der Waals surface area contributed by atoms with E-state index in [2.05, 4.69) is 19.2 Å². The highest BCUT2D eigenvalue weighted by atomic mass is 16.3. The van der Waals surface area contributed by atoms with Crippen molar-refractivity contribution in [3.05, 3.63) is 0 Å². The summed E-state index contributed by atoms with van der Waals surface area (Å²) < 4.78 is 0. The maximum atomic E-state index is 9.17. The summed E-state index contributed by atoms with van der Waals surface area (Å²) in [4.78, 5) is 0. The van der Waals surface area contributed by atoms with Gasteiger partial charge in [0.15, 0.2) is 0 Å². The Morgan fingerprint density at radius 2 is 1.92 bits per heavy atom. The lowest BCUT2D eigenvalue weighted by atomic mass is 9.98. The van der Waals surface area contributed by atoms with Crippen LogP contribution in [0.15, 0.2) is 0 Å². The standard InChI is InChI=1S/C11H23NO/c1-9(2)12-11(8-13)7-10-5-3-4-6-10/h9-13H,3-8H2,1-2H3/t11-/m1/s1. The molecule has 1 fully saturated rings. The van der Waals surface area contributed by atoms with Gasteiger partial charge in [-0.3, -0.25) is 0 Å². The van der Waals surface area contributed by atoms with E-state index in [-0.39, 0.29) is 6.61 Å². The van der Waals surface area contributed by atoms with Gasteiger partial charge in [-0.25, -0.2) is 0 Å². The molecule has 0 spiro atoms. The summed E-state index contributed by atoms with van der Waals surface area (Å²) in [5.41, 5.74) is 0. The lowest BCUT2D eigenvalue weighted by Crippen LogP contribution is -2.38. The molecule has 0 bridgehead atoms. The quantitative estimate of drug-likeness (QED) is 0.686. The minimum absolute atomic E-state index is 0.286. The molecule has 0 unspecified atom stereocenters. The van der Waals surface area contributed by atoms with E-state index in [0.717, 1.165) is 12.3 Å². The molecular formula is C11H23NO. The Bertz CT molecular complexity index is 130. The van der Waals surface area contributed by atoms with Crippen LogP contribution >= 0.6 is 0 Å². The van der Waals surface area contributed by atoms with E-state index < -0.39 is 0 Å². The van der Waals surface area contributed by atoms with Crippen molar-refractivity contribution >= 4 is 0 Å². The summed E-state index contributed by atoms with van der Waals surface area (Å²) in [6, 6.07) is 0.807. The Balaban J connectivity index is 2.21. The van der Waals surface area contributed by atoms with E-state index in [1.54, 1.807) is 0 Å². The number of aliphatic hydroxyl groups excluding tert-OH is 1. The highest BCUT2D eigenvalue weighted by Crippen LogP contribution is 2.28. The number of aliphatic hydroxyl groups is 1. The summed E-state index contributed by atoms with van der Waals surface area (Å²) in [5.74, 6) is 0.864. The molecular weight excluding hydrogens is 162 g/mol. The Labute approximate surface area is 81.7 Å². The van der Waals surface area contributed by atoms with E-state index in [9.17, 15) is 5.11 Å². The summed E-state index contributed by atoms with van der Waals surface area (Å²) >= 11 is 0. The summed E-state index contributed by atoms with van der Waals surface area (Å²) in [6.07, 6.45) is 6.69. The van der Waals surface area contributed by atoms with Crippen molar-refractivity contribution in [2.75, 3.05) is 6.61 Å². The van der Waals surface area contributed by atoms with E-state index in [0.29, 0.717) is 12.1 Å². The van der Waals surface area contributed by atoms with Crippen LogP contribution in [0.2, 0.25) is 0 Å². The van der Waals surface area contributed by atoms with Crippen molar-refractivity contribution in [2.24, 2.45) is 5.92 Å². The van der Waals surface area contributed by atoms with Gasteiger partial charge in [0.05, 0.1) is 6.61 Å². The SMILES string of the molecule is CC(C)N[C@@H](CO)CC1CCCC1. The first-order valence-electron chi connectivity index (χ1n) is 5.59. The van der Waals surface area contributed by atoms with Gasteiger partial charge < -0.3 is 10.4 Å². The fourth-order valence-corrected chi connectivity index (χ4v) is 2.32. The fraction of sp³-hybridized carbons (Fsp3) is 1.00. The molecule has 2 heteroatoms. The third-order valence-corrected chi connectivity index (χ3v) is 2.88. The molecule has 0 heterocycles. The van der Waals surface area contributed by atoms with Crippen LogP contribution < -0.4 is 5.32 Å². The minimum Gasteiger partial charge on any atom is -0.395 e. The minimum atomic E-state index is 0.286. The number of hydrogen-bond acceptors (Lipinski definition) is 2. The third-order valence-electron chi connectivity index (χ3n) is 2.88. The highest BCUT2D eigenvalue weighted by Gasteiger charge is 2.19. The highest BCUT2D eigenvalue weighted by molar-refractivity contribution is 4.76. The predicted octanol–water partition coefficient (Wildman–Crippen LogP) is 1.93. The lowest BCUT2D eigenvalue weighted by Gasteiger charge is -2.22. The van der Waals surface area contributed by atoms with Gasteiger partial charge in [-0.05, 0) is 12.3 Å². The maximum Gasteiger partial charge on any atom is 0.0584 e. The van der Waals surface area contributed by atoms with Crippen LogP contribution in [-0.4, -0.2) is 23.8 Å². The number of rotatable bonds is 5. The van der Waals surface area contributed by atoms with Crippen LogP contribution in [0.25, 0.3) is 0 Å². The summed E-state index contributed by atoms with van der Waals surface area (Å²) in [7, 11) is 0. The molecule has 1 rings (SSSR count). The Morgan fingerprint density at radius 3 is 2.38 bits per heavy atom. The Morgan fingerprint density at radius 1 is 1.31 bits per heavy atom. The van der Waals surface area contributed by atoms with E-state index >= 15 is 0 Å². The van der Waals surface area contributed by atoms with Gasteiger partial charge >= 0.3 is 0 Å². The van der Waals surface area contributed by atoms with Crippen molar-refractivity contribution < 1.29 is 5.11 Å². The van der Waals surface area contributed by atoms with Crippen LogP contribution in [0.5, 0.6) is 0 Å². The molecule has 0 aromatic heterocycles. The monoisotopic (exact) mass is 185 g/mol. The van der Waals surface area contributed by atoms with E-state index in [1.165, 1.54) is 25.7 Å². The van der Waals surface area contributed by atoms with Gasteiger partial charge in [0.25, 0.3) is 0 Å². The zero-order valence-corrected chi connectivity index (χ0v) is 8.92.